The van der Waals surface area contributed by atoms with Crippen molar-refractivity contribution in [3.05, 3.63) is 99.3 Å². The van der Waals surface area contributed by atoms with Crippen LogP contribution in [0.3, 0.4) is 0 Å². The summed E-state index contributed by atoms with van der Waals surface area (Å²) >= 11 is 1.34. The molecule has 170 valence electrons. The van der Waals surface area contributed by atoms with Crippen molar-refractivity contribution in [1.29, 1.82) is 0 Å². The Morgan fingerprint density at radius 2 is 1.62 bits per heavy atom. The number of fused-ring (bicyclic) bond motifs is 3. The number of aromatic nitrogens is 4. The van der Waals surface area contributed by atoms with Crippen molar-refractivity contribution in [1.82, 2.24) is 19.2 Å². The highest BCUT2D eigenvalue weighted by Crippen LogP contribution is 2.28. The molecule has 0 aliphatic carbocycles. The zero-order valence-electron chi connectivity index (χ0n) is 19.4. The smallest absolute Gasteiger partial charge is 0.267 e. The first kappa shape index (κ1) is 22.1. The largest absolute Gasteiger partial charge is 0.293 e. The summed E-state index contributed by atoms with van der Waals surface area (Å²) in [4.78, 5) is 26.6. The first-order valence-electron chi connectivity index (χ1n) is 11.1. The second-order valence-electron chi connectivity index (χ2n) is 8.56. The zero-order chi connectivity index (χ0) is 24.0. The number of carbonyl (C=O) groups excluding carboxylic acids is 1. The topological polar surface area (TPSA) is 69.3 Å². The second-order valence-corrected chi connectivity index (χ2v) is 9.86. The van der Waals surface area contributed by atoms with E-state index in [-0.39, 0.29) is 16.6 Å². The molecule has 0 N–H and O–H groups in total. The third-order valence-corrected chi connectivity index (χ3v) is 7.02. The summed E-state index contributed by atoms with van der Waals surface area (Å²) in [5.74, 6) is 0.446. The number of ketones is 1. The van der Waals surface area contributed by atoms with E-state index >= 15 is 0 Å². The number of hydrogen-bond donors (Lipinski definition) is 0. The predicted molar refractivity (Wildman–Crippen MR) is 136 cm³/mol. The summed E-state index contributed by atoms with van der Waals surface area (Å²) < 4.78 is 3.49. The molecule has 3 aromatic carbocycles. The van der Waals surface area contributed by atoms with Crippen molar-refractivity contribution >= 4 is 34.2 Å². The van der Waals surface area contributed by atoms with Gasteiger partial charge in [0.2, 0.25) is 5.78 Å². The molecular formula is C27H24N4O2S. The summed E-state index contributed by atoms with van der Waals surface area (Å²) in [6, 6.07) is 21.0. The van der Waals surface area contributed by atoms with Crippen molar-refractivity contribution in [3.8, 4) is 5.69 Å². The second kappa shape index (κ2) is 8.57. The van der Waals surface area contributed by atoms with Crippen molar-refractivity contribution in [2.75, 3.05) is 0 Å². The molecule has 7 heteroatoms. The predicted octanol–water partition coefficient (Wildman–Crippen LogP) is 5.32. The zero-order valence-corrected chi connectivity index (χ0v) is 20.3. The molecule has 0 bridgehead atoms. The van der Waals surface area contributed by atoms with Crippen LogP contribution in [0.25, 0.3) is 22.4 Å². The van der Waals surface area contributed by atoms with Gasteiger partial charge < -0.3 is 0 Å². The van der Waals surface area contributed by atoms with Crippen molar-refractivity contribution in [2.24, 2.45) is 0 Å². The van der Waals surface area contributed by atoms with Gasteiger partial charge in [-0.05, 0) is 51.5 Å². The van der Waals surface area contributed by atoms with E-state index in [4.69, 9.17) is 0 Å². The molecule has 2 heterocycles. The van der Waals surface area contributed by atoms with Gasteiger partial charge in [0.1, 0.15) is 0 Å². The number of benzene rings is 3. The van der Waals surface area contributed by atoms with Gasteiger partial charge >= 0.3 is 0 Å². The van der Waals surface area contributed by atoms with Crippen LogP contribution in [0, 0.1) is 20.8 Å². The van der Waals surface area contributed by atoms with Gasteiger partial charge in [-0.25, -0.2) is 4.57 Å². The number of carbonyl (C=O) groups is 1. The quantitative estimate of drug-likeness (QED) is 0.258. The number of nitrogens with zero attached hydrogens (tertiary/aromatic N) is 4. The molecular weight excluding hydrogens is 444 g/mol. The van der Waals surface area contributed by atoms with Crippen LogP contribution in [-0.4, -0.2) is 30.2 Å². The lowest BCUT2D eigenvalue weighted by Gasteiger charge is -2.14. The minimum absolute atomic E-state index is 0.0220. The highest BCUT2D eigenvalue weighted by atomic mass is 32.2. The van der Waals surface area contributed by atoms with Gasteiger partial charge in [0, 0.05) is 5.56 Å². The van der Waals surface area contributed by atoms with Crippen molar-refractivity contribution < 1.29 is 4.79 Å². The summed E-state index contributed by atoms with van der Waals surface area (Å²) in [5.41, 5.74) is 5.19. The van der Waals surface area contributed by atoms with Gasteiger partial charge in [-0.15, -0.1) is 10.2 Å². The Bertz CT molecular complexity index is 1620. The van der Waals surface area contributed by atoms with Crippen LogP contribution in [0.1, 0.15) is 34.0 Å². The molecule has 0 saturated carbocycles. The molecule has 34 heavy (non-hydrogen) atoms. The third-order valence-electron chi connectivity index (χ3n) is 5.98. The number of aryl methyl sites for hydroxylation is 3. The van der Waals surface area contributed by atoms with Crippen LogP contribution in [0.2, 0.25) is 0 Å². The van der Waals surface area contributed by atoms with Crippen LogP contribution in [-0.2, 0) is 0 Å². The molecule has 6 nitrogen and oxygen atoms in total. The monoisotopic (exact) mass is 468 g/mol. The molecule has 1 unspecified atom stereocenters. The first-order valence-corrected chi connectivity index (χ1v) is 12.0. The Morgan fingerprint density at radius 1 is 0.912 bits per heavy atom. The normalized spacial score (nSPS) is 12.4. The summed E-state index contributed by atoms with van der Waals surface area (Å²) in [6.45, 7) is 7.87. The minimum atomic E-state index is -0.379. The highest BCUT2D eigenvalue weighted by molar-refractivity contribution is 8.00. The molecule has 0 aliphatic rings. The maximum absolute atomic E-state index is 13.6. The highest BCUT2D eigenvalue weighted by Gasteiger charge is 2.23. The maximum atomic E-state index is 13.6. The first-order chi connectivity index (χ1) is 16.3. The lowest BCUT2D eigenvalue weighted by Crippen LogP contribution is -2.22. The van der Waals surface area contributed by atoms with Gasteiger partial charge in [0.15, 0.2) is 10.9 Å². The number of thioether (sulfide) groups is 1. The average molecular weight is 469 g/mol. The van der Waals surface area contributed by atoms with E-state index < -0.39 is 0 Å². The van der Waals surface area contributed by atoms with E-state index in [1.54, 1.807) is 4.57 Å². The van der Waals surface area contributed by atoms with E-state index in [1.807, 2.05) is 98.8 Å². The number of rotatable bonds is 5. The molecule has 2 aromatic heterocycles. The Morgan fingerprint density at radius 3 is 2.35 bits per heavy atom. The van der Waals surface area contributed by atoms with Gasteiger partial charge in [0.05, 0.1) is 21.8 Å². The lowest BCUT2D eigenvalue weighted by atomic mass is 10.1. The van der Waals surface area contributed by atoms with E-state index in [1.165, 1.54) is 11.8 Å². The number of para-hydroxylation sites is 1. The standard InChI is InChI=1S/C27H24N4O2S/c1-16-9-12-20(13-10-16)24(32)19(4)34-27-29-28-26-30(22-14-11-17(2)15-18(22)3)25(33)21-7-5-6-8-23(21)31(26)27/h5-15,19H,1-4H3. The van der Waals surface area contributed by atoms with Crippen LogP contribution in [0.4, 0.5) is 0 Å². The molecule has 0 radical (unpaired) electrons. The molecule has 1 atom stereocenters. The van der Waals surface area contributed by atoms with Crippen LogP contribution in [0.15, 0.2) is 76.7 Å². The van der Waals surface area contributed by atoms with E-state index in [0.717, 1.165) is 22.4 Å². The maximum Gasteiger partial charge on any atom is 0.267 e. The number of Topliss-reactive ketones (excluding diaryl/α,β-unsaturated/α-hetero) is 1. The van der Waals surface area contributed by atoms with Gasteiger partial charge in [-0.2, -0.15) is 0 Å². The lowest BCUT2D eigenvalue weighted by molar-refractivity contribution is 0.0994. The summed E-state index contributed by atoms with van der Waals surface area (Å²) in [6.07, 6.45) is 0. The third kappa shape index (κ3) is 3.72. The van der Waals surface area contributed by atoms with Gasteiger partial charge in [-0.3, -0.25) is 14.0 Å². The Hall–Kier alpha value is -3.71. The Labute approximate surface area is 201 Å². The summed E-state index contributed by atoms with van der Waals surface area (Å²) in [7, 11) is 0. The fourth-order valence-electron chi connectivity index (χ4n) is 4.19. The molecule has 0 aliphatic heterocycles. The fraction of sp³-hybridized carbons (Fsp3) is 0.185. The molecule has 5 rings (SSSR count). The SMILES string of the molecule is Cc1ccc(C(=O)C(C)Sc2nnc3n(-c4ccc(C)cc4C)c(=O)c4ccccc4n23)cc1. The van der Waals surface area contributed by atoms with Gasteiger partial charge in [0.25, 0.3) is 5.56 Å². The van der Waals surface area contributed by atoms with Gasteiger partial charge in [-0.1, -0.05) is 71.4 Å². The Kier molecular flexibility index (Phi) is 5.57. The van der Waals surface area contributed by atoms with Crippen LogP contribution < -0.4 is 5.56 Å². The minimum Gasteiger partial charge on any atom is -0.293 e. The Balaban J connectivity index is 1.68. The molecule has 0 amide bonds. The number of hydrogen-bond acceptors (Lipinski definition) is 5. The fourth-order valence-corrected chi connectivity index (χ4v) is 5.13. The molecule has 5 aromatic rings. The van der Waals surface area contributed by atoms with Crippen LogP contribution >= 0.6 is 11.8 Å². The molecule has 0 spiro atoms. The van der Waals surface area contributed by atoms with E-state index in [2.05, 4.69) is 10.2 Å². The average Bonchev–Trinajstić information content (AvgIpc) is 3.23. The van der Waals surface area contributed by atoms with Crippen LogP contribution in [0.5, 0.6) is 0 Å². The van der Waals surface area contributed by atoms with Crippen molar-refractivity contribution in [3.63, 3.8) is 0 Å². The molecule has 0 saturated heterocycles. The van der Waals surface area contributed by atoms with E-state index in [9.17, 15) is 9.59 Å². The van der Waals surface area contributed by atoms with E-state index in [0.29, 0.717) is 27.4 Å². The molecule has 0 fully saturated rings. The van der Waals surface area contributed by atoms with Crippen molar-refractivity contribution in [2.45, 2.75) is 38.1 Å². The summed E-state index contributed by atoms with van der Waals surface area (Å²) in [5, 5.41) is 9.58.